The van der Waals surface area contributed by atoms with Gasteiger partial charge >= 0.3 is 0 Å². The standard InChI is InChI=1S/C57H45N/c1-40-20-7-4-8-22-42-24-18-33-49(55(42)56(40,2)3)43-25-17-30-46(38-43)58(54-35-19-23-41-21-13-14-31-48(41)54)47-36-37-51-50-32-15-16-34-52(50)57(53(51)39-47,44-26-9-5-10-27-44)45-28-11-6-12-29-45/h4-21,23-39H,1,22H2,2-3H3/b8-4-,20-7-. The van der Waals surface area contributed by atoms with Gasteiger partial charge in [-0.3, -0.25) is 0 Å². The Bertz CT molecular complexity index is 2860. The zero-order valence-corrected chi connectivity index (χ0v) is 33.1. The van der Waals surface area contributed by atoms with Crippen LogP contribution in [-0.4, -0.2) is 0 Å². The van der Waals surface area contributed by atoms with Gasteiger partial charge in [-0.15, -0.1) is 0 Å². The first-order chi connectivity index (χ1) is 28.5. The van der Waals surface area contributed by atoms with Crippen molar-refractivity contribution < 1.29 is 0 Å². The number of nitrogens with zero attached hydrogens (tertiary/aromatic N) is 1. The quantitative estimate of drug-likeness (QED) is 0.164. The van der Waals surface area contributed by atoms with E-state index in [2.05, 4.69) is 238 Å². The van der Waals surface area contributed by atoms with Gasteiger partial charge in [-0.05, 0) is 103 Å². The first kappa shape index (κ1) is 35.5. The Kier molecular flexibility index (Phi) is 8.68. The SMILES string of the molecule is C=C1/C=C\C=C/Cc2cccc(-c3cccc(N(c4ccc5c(c4)C(c4ccccc4)(c4ccccc4)c4ccccc4-5)c4cccc5ccccc45)c3)c2C1(C)C. The number of hydrogen-bond donors (Lipinski definition) is 0. The highest BCUT2D eigenvalue weighted by atomic mass is 15.1. The summed E-state index contributed by atoms with van der Waals surface area (Å²) in [6.07, 6.45) is 9.55. The summed E-state index contributed by atoms with van der Waals surface area (Å²) in [5, 5.41) is 2.41. The highest BCUT2D eigenvalue weighted by Crippen LogP contribution is 2.57. The van der Waals surface area contributed by atoms with Gasteiger partial charge in [0.05, 0.1) is 11.1 Å². The number of allylic oxidation sites excluding steroid dienone is 5. The fourth-order valence-electron chi connectivity index (χ4n) is 9.78. The summed E-state index contributed by atoms with van der Waals surface area (Å²) in [6, 6.07) is 69.6. The molecule has 278 valence electrons. The minimum absolute atomic E-state index is 0.271. The Morgan fingerprint density at radius 3 is 1.97 bits per heavy atom. The molecule has 2 aliphatic carbocycles. The lowest BCUT2D eigenvalue weighted by molar-refractivity contribution is 0.637. The molecule has 0 aromatic heterocycles. The molecule has 0 radical (unpaired) electrons. The van der Waals surface area contributed by atoms with E-state index in [0.29, 0.717) is 0 Å². The van der Waals surface area contributed by atoms with E-state index in [1.807, 2.05) is 0 Å². The van der Waals surface area contributed by atoms with E-state index in [0.717, 1.165) is 29.1 Å². The monoisotopic (exact) mass is 743 g/mol. The van der Waals surface area contributed by atoms with Crippen LogP contribution in [0.4, 0.5) is 17.1 Å². The van der Waals surface area contributed by atoms with E-state index in [1.54, 1.807) is 0 Å². The van der Waals surface area contributed by atoms with Gasteiger partial charge in [0.2, 0.25) is 0 Å². The van der Waals surface area contributed by atoms with Crippen LogP contribution >= 0.6 is 0 Å². The van der Waals surface area contributed by atoms with E-state index >= 15 is 0 Å². The molecule has 8 aromatic rings. The second-order valence-electron chi connectivity index (χ2n) is 16.1. The molecule has 0 atom stereocenters. The van der Waals surface area contributed by atoms with Gasteiger partial charge < -0.3 is 4.90 Å². The van der Waals surface area contributed by atoms with Gasteiger partial charge in [-0.1, -0.05) is 202 Å². The van der Waals surface area contributed by atoms with Gasteiger partial charge in [0, 0.05) is 22.2 Å². The van der Waals surface area contributed by atoms with Crippen molar-refractivity contribution in [2.75, 3.05) is 4.90 Å². The van der Waals surface area contributed by atoms with Gasteiger partial charge in [0.1, 0.15) is 0 Å². The molecule has 0 heterocycles. The summed E-state index contributed by atoms with van der Waals surface area (Å²) in [5.41, 5.74) is 16.4. The normalized spacial score (nSPS) is 15.9. The fourth-order valence-corrected chi connectivity index (χ4v) is 9.78. The molecule has 0 amide bonds. The summed E-state index contributed by atoms with van der Waals surface area (Å²) < 4.78 is 0. The predicted octanol–water partition coefficient (Wildman–Crippen LogP) is 14.8. The minimum atomic E-state index is -0.507. The number of rotatable bonds is 6. The summed E-state index contributed by atoms with van der Waals surface area (Å²) in [5.74, 6) is 0. The molecule has 0 aliphatic heterocycles. The Balaban J connectivity index is 1.23. The van der Waals surface area contributed by atoms with Crippen LogP contribution in [0.3, 0.4) is 0 Å². The lowest BCUT2D eigenvalue weighted by Gasteiger charge is -2.35. The number of benzene rings is 8. The van der Waals surface area contributed by atoms with Crippen LogP contribution in [0.5, 0.6) is 0 Å². The third-order valence-corrected chi connectivity index (χ3v) is 12.6. The van der Waals surface area contributed by atoms with Crippen LogP contribution < -0.4 is 4.90 Å². The molecule has 1 nitrogen and oxygen atoms in total. The minimum Gasteiger partial charge on any atom is -0.310 e. The first-order valence-corrected chi connectivity index (χ1v) is 20.3. The molecule has 0 N–H and O–H groups in total. The maximum atomic E-state index is 4.57. The maximum Gasteiger partial charge on any atom is 0.0714 e. The lowest BCUT2D eigenvalue weighted by atomic mass is 9.67. The molecule has 0 saturated heterocycles. The lowest BCUT2D eigenvalue weighted by Crippen LogP contribution is -2.28. The van der Waals surface area contributed by atoms with E-state index in [1.165, 1.54) is 66.4 Å². The smallest absolute Gasteiger partial charge is 0.0714 e. The maximum absolute atomic E-state index is 4.57. The Labute approximate surface area is 342 Å². The third kappa shape index (κ3) is 5.61. The van der Waals surface area contributed by atoms with Crippen molar-refractivity contribution >= 4 is 27.8 Å². The average Bonchev–Trinajstić information content (AvgIpc) is 3.59. The number of hydrogen-bond acceptors (Lipinski definition) is 1. The number of fused-ring (bicyclic) bond motifs is 5. The van der Waals surface area contributed by atoms with Gasteiger partial charge in [-0.2, -0.15) is 0 Å². The summed E-state index contributed by atoms with van der Waals surface area (Å²) in [4.78, 5) is 2.48. The second-order valence-corrected chi connectivity index (χ2v) is 16.1. The van der Waals surface area contributed by atoms with Crippen LogP contribution in [0.25, 0.3) is 33.0 Å². The van der Waals surface area contributed by atoms with Crippen LogP contribution in [0.15, 0.2) is 225 Å². The first-order valence-electron chi connectivity index (χ1n) is 20.3. The highest BCUT2D eigenvalue weighted by molar-refractivity contribution is 6.00. The highest BCUT2D eigenvalue weighted by Gasteiger charge is 2.46. The number of anilines is 3. The summed E-state index contributed by atoms with van der Waals surface area (Å²) in [7, 11) is 0. The van der Waals surface area contributed by atoms with Gasteiger partial charge in [-0.25, -0.2) is 0 Å². The van der Waals surface area contributed by atoms with E-state index in [4.69, 9.17) is 0 Å². The van der Waals surface area contributed by atoms with Crippen molar-refractivity contribution in [1.29, 1.82) is 0 Å². The largest absolute Gasteiger partial charge is 0.310 e. The molecule has 8 aromatic carbocycles. The van der Waals surface area contributed by atoms with Crippen LogP contribution in [0.1, 0.15) is 47.2 Å². The molecule has 0 spiro atoms. The molecule has 0 unspecified atom stereocenters. The Morgan fingerprint density at radius 2 is 1.16 bits per heavy atom. The molecular formula is C57H45N. The zero-order chi connectivity index (χ0) is 39.3. The van der Waals surface area contributed by atoms with Gasteiger partial charge in [0.15, 0.2) is 0 Å². The second kappa shape index (κ2) is 14.2. The fraction of sp³-hybridized carbons (Fsp3) is 0.0877. The summed E-state index contributed by atoms with van der Waals surface area (Å²) in [6.45, 7) is 9.19. The molecule has 1 heteroatoms. The Hall–Kier alpha value is -6.96. The molecule has 0 bridgehead atoms. The third-order valence-electron chi connectivity index (χ3n) is 12.6. The van der Waals surface area contributed by atoms with Crippen LogP contribution in [0.2, 0.25) is 0 Å². The molecule has 10 rings (SSSR count). The van der Waals surface area contributed by atoms with Crippen molar-refractivity contribution in [3.63, 3.8) is 0 Å². The van der Waals surface area contributed by atoms with Crippen LogP contribution in [0, 0.1) is 0 Å². The molecule has 0 saturated carbocycles. The zero-order valence-electron chi connectivity index (χ0n) is 33.1. The van der Waals surface area contributed by atoms with E-state index < -0.39 is 5.41 Å². The topological polar surface area (TPSA) is 3.24 Å². The van der Waals surface area contributed by atoms with E-state index in [9.17, 15) is 0 Å². The van der Waals surface area contributed by atoms with Crippen molar-refractivity contribution in [2.24, 2.45) is 0 Å². The van der Waals surface area contributed by atoms with E-state index in [-0.39, 0.29) is 5.41 Å². The van der Waals surface area contributed by atoms with Crippen molar-refractivity contribution in [3.05, 3.63) is 258 Å². The van der Waals surface area contributed by atoms with Gasteiger partial charge in [0.25, 0.3) is 0 Å². The summed E-state index contributed by atoms with van der Waals surface area (Å²) >= 11 is 0. The van der Waals surface area contributed by atoms with Crippen molar-refractivity contribution in [3.8, 4) is 22.3 Å². The Morgan fingerprint density at radius 1 is 0.517 bits per heavy atom. The molecular weight excluding hydrogens is 699 g/mol. The predicted molar refractivity (Wildman–Crippen MR) is 246 cm³/mol. The van der Waals surface area contributed by atoms with Crippen molar-refractivity contribution in [1.82, 2.24) is 0 Å². The molecule has 58 heavy (non-hydrogen) atoms. The van der Waals surface area contributed by atoms with Crippen LogP contribution in [-0.2, 0) is 17.3 Å². The van der Waals surface area contributed by atoms with Crippen molar-refractivity contribution in [2.45, 2.75) is 31.1 Å². The average molecular weight is 744 g/mol. The molecule has 0 fully saturated rings. The molecule has 2 aliphatic rings.